The second-order valence-electron chi connectivity index (χ2n) is 4.56. The Morgan fingerprint density at radius 2 is 2.41 bits per heavy atom. The Morgan fingerprint density at radius 3 is 2.88 bits per heavy atom. The summed E-state index contributed by atoms with van der Waals surface area (Å²) < 4.78 is 7.13. The summed E-state index contributed by atoms with van der Waals surface area (Å²) in [5.41, 5.74) is 1.41. The summed E-state index contributed by atoms with van der Waals surface area (Å²) in [4.78, 5) is 0. The van der Waals surface area contributed by atoms with Crippen LogP contribution in [0.1, 0.15) is 24.7 Å². The highest BCUT2D eigenvalue weighted by atomic mass is 35.5. The number of nitriles is 1. The predicted octanol–water partition coefficient (Wildman–Crippen LogP) is 2.11. The summed E-state index contributed by atoms with van der Waals surface area (Å²) in [6.07, 6.45) is 2.20. The van der Waals surface area contributed by atoms with Crippen molar-refractivity contribution >= 4 is 11.6 Å². The van der Waals surface area contributed by atoms with Gasteiger partial charge in [-0.1, -0.05) is 18.5 Å². The lowest BCUT2D eigenvalue weighted by molar-refractivity contribution is 0.171. The van der Waals surface area contributed by atoms with Crippen LogP contribution in [0.3, 0.4) is 0 Å². The molecule has 1 aromatic rings. The zero-order valence-electron chi connectivity index (χ0n) is 10.2. The molecule has 0 bridgehead atoms. The first kappa shape index (κ1) is 12.4. The SMILES string of the molecule is CCc1nn(C)c(CC2(C#N)CCOC2)c1Cl. The minimum atomic E-state index is -0.428. The van der Waals surface area contributed by atoms with Gasteiger partial charge in [-0.2, -0.15) is 10.4 Å². The van der Waals surface area contributed by atoms with Crippen molar-refractivity contribution < 1.29 is 4.74 Å². The molecule has 0 aliphatic carbocycles. The molecule has 0 saturated carbocycles. The molecule has 1 aliphatic rings. The van der Waals surface area contributed by atoms with Crippen LogP contribution in [0.25, 0.3) is 0 Å². The first-order valence-electron chi connectivity index (χ1n) is 5.81. The van der Waals surface area contributed by atoms with Crippen LogP contribution in [0.5, 0.6) is 0 Å². The van der Waals surface area contributed by atoms with Crippen molar-refractivity contribution in [2.45, 2.75) is 26.2 Å². The third-order valence-electron chi connectivity index (χ3n) is 3.35. The maximum absolute atomic E-state index is 9.32. The van der Waals surface area contributed by atoms with Crippen molar-refractivity contribution in [2.75, 3.05) is 13.2 Å². The first-order chi connectivity index (χ1) is 8.12. The lowest BCUT2D eigenvalue weighted by atomic mass is 9.84. The van der Waals surface area contributed by atoms with Crippen LogP contribution in [0.15, 0.2) is 0 Å². The van der Waals surface area contributed by atoms with Gasteiger partial charge in [0.05, 0.1) is 34.5 Å². The molecule has 1 fully saturated rings. The Kier molecular flexibility index (Phi) is 3.41. The molecule has 1 aliphatic heterocycles. The van der Waals surface area contributed by atoms with Crippen LogP contribution in [-0.2, 0) is 24.6 Å². The standard InChI is InChI=1S/C12H16ClN3O/c1-3-9-11(13)10(16(2)15-9)6-12(7-14)4-5-17-8-12/h3-6,8H2,1-2H3. The predicted molar refractivity (Wildman–Crippen MR) is 64.8 cm³/mol. The summed E-state index contributed by atoms with van der Waals surface area (Å²) >= 11 is 6.29. The van der Waals surface area contributed by atoms with Crippen LogP contribution >= 0.6 is 11.6 Å². The minimum absolute atomic E-state index is 0.428. The van der Waals surface area contributed by atoms with Crippen molar-refractivity contribution in [3.05, 3.63) is 16.4 Å². The van der Waals surface area contributed by atoms with E-state index in [0.29, 0.717) is 24.7 Å². The van der Waals surface area contributed by atoms with Crippen LogP contribution < -0.4 is 0 Å². The molecule has 0 amide bonds. The Morgan fingerprint density at radius 1 is 1.65 bits per heavy atom. The number of hydrogen-bond acceptors (Lipinski definition) is 3. The van der Waals surface area contributed by atoms with Gasteiger partial charge in [0.15, 0.2) is 0 Å². The number of aromatic nitrogens is 2. The fourth-order valence-corrected chi connectivity index (χ4v) is 2.57. The van der Waals surface area contributed by atoms with Crippen LogP contribution in [0, 0.1) is 16.7 Å². The van der Waals surface area contributed by atoms with E-state index in [9.17, 15) is 5.26 Å². The second kappa shape index (κ2) is 4.67. The largest absolute Gasteiger partial charge is 0.380 e. The van der Waals surface area contributed by atoms with Gasteiger partial charge in [-0.3, -0.25) is 4.68 Å². The Bertz CT molecular complexity index is 455. The van der Waals surface area contributed by atoms with E-state index < -0.39 is 5.41 Å². The van der Waals surface area contributed by atoms with E-state index in [1.165, 1.54) is 0 Å². The van der Waals surface area contributed by atoms with E-state index in [4.69, 9.17) is 16.3 Å². The highest BCUT2D eigenvalue weighted by Gasteiger charge is 2.37. The average Bonchev–Trinajstić information content (AvgIpc) is 2.90. The first-order valence-corrected chi connectivity index (χ1v) is 6.19. The Hall–Kier alpha value is -1.05. The molecule has 0 spiro atoms. The molecule has 1 atom stereocenters. The van der Waals surface area contributed by atoms with Gasteiger partial charge in [0.2, 0.25) is 0 Å². The maximum atomic E-state index is 9.32. The van der Waals surface area contributed by atoms with Crippen molar-refractivity contribution in [1.29, 1.82) is 5.26 Å². The normalized spacial score (nSPS) is 23.9. The van der Waals surface area contributed by atoms with Crippen molar-refractivity contribution in [3.63, 3.8) is 0 Å². The third-order valence-corrected chi connectivity index (χ3v) is 3.79. The second-order valence-corrected chi connectivity index (χ2v) is 4.93. The molecule has 1 aromatic heterocycles. The van der Waals surface area contributed by atoms with Crippen LogP contribution in [-0.4, -0.2) is 23.0 Å². The van der Waals surface area contributed by atoms with Crippen molar-refractivity contribution in [2.24, 2.45) is 12.5 Å². The summed E-state index contributed by atoms with van der Waals surface area (Å²) in [6.45, 7) is 3.17. The lowest BCUT2D eigenvalue weighted by Crippen LogP contribution is -2.23. The molecule has 0 aromatic carbocycles. The monoisotopic (exact) mass is 253 g/mol. The van der Waals surface area contributed by atoms with Gasteiger partial charge in [0.1, 0.15) is 0 Å². The topological polar surface area (TPSA) is 50.8 Å². The van der Waals surface area contributed by atoms with Crippen LogP contribution in [0.4, 0.5) is 0 Å². The summed E-state index contributed by atoms with van der Waals surface area (Å²) in [6, 6.07) is 2.38. The van der Waals surface area contributed by atoms with Gasteiger partial charge >= 0.3 is 0 Å². The van der Waals surface area contributed by atoms with E-state index in [0.717, 1.165) is 24.2 Å². The zero-order valence-corrected chi connectivity index (χ0v) is 10.9. The molecule has 1 saturated heterocycles. The third kappa shape index (κ3) is 2.18. The van der Waals surface area contributed by atoms with Crippen molar-refractivity contribution in [1.82, 2.24) is 9.78 Å². The molecule has 2 heterocycles. The zero-order chi connectivity index (χ0) is 12.5. The van der Waals surface area contributed by atoms with E-state index >= 15 is 0 Å². The van der Waals surface area contributed by atoms with Gasteiger partial charge < -0.3 is 4.74 Å². The highest BCUT2D eigenvalue weighted by molar-refractivity contribution is 6.31. The Balaban J connectivity index is 2.30. The van der Waals surface area contributed by atoms with Gasteiger partial charge in [0, 0.05) is 20.1 Å². The molecular weight excluding hydrogens is 238 g/mol. The van der Waals surface area contributed by atoms with E-state index in [1.807, 2.05) is 14.0 Å². The van der Waals surface area contributed by atoms with E-state index in [-0.39, 0.29) is 0 Å². The number of rotatable bonds is 3. The number of hydrogen-bond donors (Lipinski definition) is 0. The average molecular weight is 254 g/mol. The number of halogens is 1. The fourth-order valence-electron chi connectivity index (χ4n) is 2.21. The van der Waals surface area contributed by atoms with Gasteiger partial charge in [-0.05, 0) is 12.8 Å². The molecule has 4 nitrogen and oxygen atoms in total. The van der Waals surface area contributed by atoms with Gasteiger partial charge in [0.25, 0.3) is 0 Å². The molecule has 92 valence electrons. The molecule has 2 rings (SSSR count). The molecular formula is C12H16ClN3O. The molecule has 1 unspecified atom stereocenters. The number of aryl methyl sites for hydroxylation is 2. The smallest absolute Gasteiger partial charge is 0.0884 e. The Labute approximate surface area is 106 Å². The summed E-state index contributed by atoms with van der Waals surface area (Å²) in [7, 11) is 1.88. The number of nitrogens with zero attached hydrogens (tertiary/aromatic N) is 3. The quantitative estimate of drug-likeness (QED) is 0.829. The minimum Gasteiger partial charge on any atom is -0.380 e. The lowest BCUT2D eigenvalue weighted by Gasteiger charge is -2.18. The number of ether oxygens (including phenoxy) is 1. The van der Waals surface area contributed by atoms with Crippen molar-refractivity contribution in [3.8, 4) is 6.07 Å². The van der Waals surface area contributed by atoms with Gasteiger partial charge in [-0.15, -0.1) is 0 Å². The molecule has 0 N–H and O–H groups in total. The maximum Gasteiger partial charge on any atom is 0.0884 e. The van der Waals surface area contributed by atoms with Gasteiger partial charge in [-0.25, -0.2) is 0 Å². The summed E-state index contributed by atoms with van der Waals surface area (Å²) in [5.74, 6) is 0. The summed E-state index contributed by atoms with van der Waals surface area (Å²) in [5, 5.41) is 14.4. The molecule has 5 heteroatoms. The molecule has 0 radical (unpaired) electrons. The van der Waals surface area contributed by atoms with E-state index in [2.05, 4.69) is 11.2 Å². The highest BCUT2D eigenvalue weighted by Crippen LogP contribution is 2.34. The van der Waals surface area contributed by atoms with Crippen LogP contribution in [0.2, 0.25) is 5.02 Å². The fraction of sp³-hybridized carbons (Fsp3) is 0.667. The molecule has 17 heavy (non-hydrogen) atoms. The van der Waals surface area contributed by atoms with E-state index in [1.54, 1.807) is 4.68 Å².